The number of amides is 3. The van der Waals surface area contributed by atoms with Crippen LogP contribution in [0.4, 0.5) is 10.5 Å². The van der Waals surface area contributed by atoms with Gasteiger partial charge in [-0.25, -0.2) is 14.8 Å². The Balaban J connectivity index is 1.26. The van der Waals surface area contributed by atoms with Gasteiger partial charge >= 0.3 is 6.09 Å². The third-order valence-electron chi connectivity index (χ3n) is 9.17. The van der Waals surface area contributed by atoms with Crippen molar-refractivity contribution in [1.29, 1.82) is 0 Å². The number of aliphatic hydroxyl groups excluding tert-OH is 1. The molecule has 0 radical (unpaired) electrons. The molecule has 17 heteroatoms. The van der Waals surface area contributed by atoms with Gasteiger partial charge in [-0.1, -0.05) is 36.8 Å². The molecule has 0 fully saturated rings. The second-order valence-corrected chi connectivity index (χ2v) is 16.1. The largest absolute Gasteiger partial charge is 0.445 e. The van der Waals surface area contributed by atoms with Gasteiger partial charge in [0.05, 0.1) is 41.3 Å². The maximum atomic E-state index is 14.1. The summed E-state index contributed by atoms with van der Waals surface area (Å²) in [5.41, 5.74) is 8.87. The Morgan fingerprint density at radius 3 is 2.57 bits per heavy atom. The zero-order valence-electron chi connectivity index (χ0n) is 32.0. The smallest absolute Gasteiger partial charge is 0.407 e. The minimum atomic E-state index is -0.806. The summed E-state index contributed by atoms with van der Waals surface area (Å²) >= 11 is 3.06. The standard InChI is InChI=1S/C39H54N10O5S2/c1-49(2)17-9-7-12-32(42-21-29(18-28-20-41-25-43-28)46-39(53)54-23-26-10-4-3-5-11-26)35(51)47-33(13-6-8-16-40)36(52)44-27-14-15-31-34(19-27)56-38(48-31)37-45-30(22-50)24-55-37/h3-5,10-11,14-15,19-20,25,29-30,32-33,42,50H,6-9,12-13,16-18,21-24,40H2,1-2H3,(H,41,43)(H,44,52)(H,46,53)(H,47,51). The highest BCUT2D eigenvalue weighted by Crippen LogP contribution is 2.31. The molecule has 0 spiro atoms. The van der Waals surface area contributed by atoms with Crippen LogP contribution in [0.3, 0.4) is 0 Å². The second-order valence-electron chi connectivity index (χ2n) is 14.1. The van der Waals surface area contributed by atoms with E-state index in [1.807, 2.05) is 56.6 Å². The van der Waals surface area contributed by atoms with Crippen LogP contribution in [-0.2, 0) is 27.4 Å². The van der Waals surface area contributed by atoms with Crippen LogP contribution in [0.15, 0.2) is 66.0 Å². The van der Waals surface area contributed by atoms with Gasteiger partial charge < -0.3 is 46.7 Å². The molecular weight excluding hydrogens is 753 g/mol. The summed E-state index contributed by atoms with van der Waals surface area (Å²) in [7, 11) is 4.02. The van der Waals surface area contributed by atoms with E-state index in [1.54, 1.807) is 30.4 Å². The summed E-state index contributed by atoms with van der Waals surface area (Å²) in [6.45, 7) is 1.74. The van der Waals surface area contributed by atoms with E-state index < -0.39 is 24.2 Å². The average Bonchev–Trinajstić information content (AvgIpc) is 3.98. The molecule has 0 saturated heterocycles. The summed E-state index contributed by atoms with van der Waals surface area (Å²) in [5.74, 6) is 0.0970. The van der Waals surface area contributed by atoms with Crippen molar-refractivity contribution in [1.82, 2.24) is 35.8 Å². The van der Waals surface area contributed by atoms with Crippen LogP contribution >= 0.6 is 23.1 Å². The van der Waals surface area contributed by atoms with Gasteiger partial charge in [0.25, 0.3) is 0 Å². The van der Waals surface area contributed by atoms with Crippen molar-refractivity contribution in [2.24, 2.45) is 10.7 Å². The van der Waals surface area contributed by atoms with E-state index in [1.165, 1.54) is 11.3 Å². The van der Waals surface area contributed by atoms with Gasteiger partial charge in [0.1, 0.15) is 22.7 Å². The van der Waals surface area contributed by atoms with Crippen molar-refractivity contribution in [2.75, 3.05) is 51.4 Å². The lowest BCUT2D eigenvalue weighted by atomic mass is 10.0. The number of nitrogens with one attached hydrogen (secondary N) is 5. The molecule has 1 aliphatic rings. The molecule has 0 saturated carbocycles. The predicted octanol–water partition coefficient (Wildman–Crippen LogP) is 3.65. The number of nitrogens with zero attached hydrogens (tertiary/aromatic N) is 4. The van der Waals surface area contributed by atoms with E-state index in [0.29, 0.717) is 44.3 Å². The molecule has 0 aliphatic carbocycles. The number of imidazole rings is 1. The normalized spacial score (nSPS) is 15.7. The number of carbonyl (C=O) groups excluding carboxylic acids is 3. The number of unbranched alkanes of at least 4 members (excludes halogenated alkanes) is 2. The van der Waals surface area contributed by atoms with Gasteiger partial charge in [-0.3, -0.25) is 14.6 Å². The van der Waals surface area contributed by atoms with Crippen LogP contribution in [0.1, 0.15) is 54.8 Å². The molecule has 3 amide bonds. The van der Waals surface area contributed by atoms with Gasteiger partial charge in [-0.05, 0) is 83.1 Å². The Hall–Kier alpha value is -4.39. The Morgan fingerprint density at radius 2 is 1.84 bits per heavy atom. The lowest BCUT2D eigenvalue weighted by Gasteiger charge is -2.26. The number of anilines is 1. The number of aromatic nitrogens is 3. The number of hydrogen-bond donors (Lipinski definition) is 7. The Morgan fingerprint density at radius 1 is 1.04 bits per heavy atom. The zero-order chi connectivity index (χ0) is 39.7. The van der Waals surface area contributed by atoms with Gasteiger partial charge in [0.15, 0.2) is 0 Å². The van der Waals surface area contributed by atoms with E-state index in [-0.39, 0.29) is 37.6 Å². The van der Waals surface area contributed by atoms with Crippen molar-refractivity contribution in [3.05, 3.63) is 77.3 Å². The first-order valence-corrected chi connectivity index (χ1v) is 20.9. The number of carbonyl (C=O) groups is 3. The fraction of sp³-hybridized carbons (Fsp3) is 0.487. The minimum absolute atomic E-state index is 0.00352. The molecular formula is C39H54N10O5S2. The van der Waals surface area contributed by atoms with Crippen molar-refractivity contribution in [3.8, 4) is 0 Å². The van der Waals surface area contributed by atoms with Gasteiger partial charge in [-0.2, -0.15) is 0 Å². The number of aromatic amines is 1. The molecule has 56 heavy (non-hydrogen) atoms. The van der Waals surface area contributed by atoms with Gasteiger partial charge in [0.2, 0.25) is 11.8 Å². The number of ether oxygens (including phenoxy) is 1. The molecule has 2 aromatic heterocycles. The molecule has 4 unspecified atom stereocenters. The van der Waals surface area contributed by atoms with E-state index in [2.05, 4.69) is 41.1 Å². The Bertz CT molecular complexity index is 1860. The van der Waals surface area contributed by atoms with Crippen LogP contribution in [-0.4, -0.2) is 118 Å². The van der Waals surface area contributed by atoms with Crippen LogP contribution in [0.5, 0.6) is 0 Å². The number of rotatable bonds is 23. The minimum Gasteiger partial charge on any atom is -0.445 e. The van der Waals surface area contributed by atoms with Gasteiger partial charge in [-0.15, -0.1) is 23.1 Å². The number of aliphatic hydroxyl groups is 1. The molecule has 2 aromatic carbocycles. The van der Waals surface area contributed by atoms with E-state index in [9.17, 15) is 19.5 Å². The fourth-order valence-electron chi connectivity index (χ4n) is 6.14. The summed E-state index contributed by atoms with van der Waals surface area (Å²) in [5, 5.41) is 23.5. The summed E-state index contributed by atoms with van der Waals surface area (Å²) in [4.78, 5) is 59.4. The molecule has 0 bridgehead atoms. The topological polar surface area (TPSA) is 212 Å². The number of fused-ring (bicyclic) bond motifs is 1. The maximum absolute atomic E-state index is 14.1. The molecule has 3 heterocycles. The molecule has 8 N–H and O–H groups in total. The number of aliphatic imine (C=N–C) groups is 1. The van der Waals surface area contributed by atoms with Crippen LogP contribution in [0.25, 0.3) is 10.2 Å². The van der Waals surface area contributed by atoms with Crippen LogP contribution < -0.4 is 27.0 Å². The number of nitrogens with two attached hydrogens (primary N) is 1. The van der Waals surface area contributed by atoms with E-state index >= 15 is 0 Å². The number of hydrogen-bond acceptors (Lipinski definition) is 13. The van der Waals surface area contributed by atoms with Gasteiger partial charge in [0, 0.05) is 36.3 Å². The first-order chi connectivity index (χ1) is 27.2. The summed E-state index contributed by atoms with van der Waals surface area (Å²) < 4.78 is 6.40. The number of alkyl carbamates (subject to hydrolysis) is 1. The molecule has 1 aliphatic heterocycles. The predicted molar refractivity (Wildman–Crippen MR) is 223 cm³/mol. The van der Waals surface area contributed by atoms with Crippen molar-refractivity contribution in [2.45, 2.75) is 75.7 Å². The highest BCUT2D eigenvalue weighted by molar-refractivity contribution is 8.15. The van der Waals surface area contributed by atoms with Crippen LogP contribution in [0, 0.1) is 0 Å². The van der Waals surface area contributed by atoms with Crippen LogP contribution in [0.2, 0.25) is 0 Å². The lowest BCUT2D eigenvalue weighted by Crippen LogP contribution is -2.54. The highest BCUT2D eigenvalue weighted by atomic mass is 32.2. The van der Waals surface area contributed by atoms with Crippen molar-refractivity contribution < 1.29 is 24.2 Å². The molecule has 302 valence electrons. The zero-order valence-corrected chi connectivity index (χ0v) is 33.7. The first-order valence-electron chi connectivity index (χ1n) is 19.1. The monoisotopic (exact) mass is 806 g/mol. The maximum Gasteiger partial charge on any atom is 0.407 e. The lowest BCUT2D eigenvalue weighted by molar-refractivity contribution is -0.128. The quantitative estimate of drug-likeness (QED) is 0.0538. The second kappa shape index (κ2) is 22.4. The Kier molecular flexibility index (Phi) is 17.1. The molecule has 5 rings (SSSR count). The average molecular weight is 807 g/mol. The van der Waals surface area contributed by atoms with Crippen molar-refractivity contribution in [3.63, 3.8) is 0 Å². The molecule has 4 aromatic rings. The number of thiazole rings is 1. The molecule has 15 nitrogen and oxygen atoms in total. The summed E-state index contributed by atoms with van der Waals surface area (Å²) in [6, 6.07) is 13.0. The summed E-state index contributed by atoms with van der Waals surface area (Å²) in [6.07, 6.45) is 7.09. The van der Waals surface area contributed by atoms with E-state index in [4.69, 9.17) is 15.5 Å². The number of H-pyrrole nitrogens is 1. The van der Waals surface area contributed by atoms with Crippen molar-refractivity contribution >= 4 is 62.0 Å². The van der Waals surface area contributed by atoms with E-state index in [0.717, 1.165) is 56.7 Å². The highest BCUT2D eigenvalue weighted by Gasteiger charge is 2.27. The fourth-order valence-corrected chi connectivity index (χ4v) is 8.26. The third-order valence-corrected chi connectivity index (χ3v) is 11.5. The first kappa shape index (κ1) is 42.7. The Labute approximate surface area is 336 Å². The molecule has 4 atom stereocenters. The number of benzene rings is 2. The SMILES string of the molecule is CN(C)CCCCC(NCC(Cc1cnc[nH]1)NC(=O)OCc1ccccc1)C(=O)NC(CCCCN)C(=O)Nc1ccc2nc(C3=NC(CO)CS3)sc2c1. The number of thioether (sulfide) groups is 1. The third kappa shape index (κ3) is 13.7.